The van der Waals surface area contributed by atoms with Crippen molar-refractivity contribution in [2.75, 3.05) is 32.8 Å². The molecule has 1 aliphatic rings. The van der Waals surface area contributed by atoms with E-state index in [-0.39, 0.29) is 24.8 Å². The van der Waals surface area contributed by atoms with Crippen molar-refractivity contribution in [1.29, 1.82) is 0 Å². The SMILES string of the molecule is O=C(Cc1ccccc1)OCC(=O)N1CCN(C(=O)c2cccs2)CC1. The molecule has 0 aliphatic carbocycles. The Balaban J connectivity index is 1.41. The first-order valence-corrected chi connectivity index (χ1v) is 9.31. The lowest BCUT2D eigenvalue weighted by Crippen LogP contribution is -2.51. The third-order valence-corrected chi connectivity index (χ3v) is 5.06. The Bertz CT molecular complexity index is 753. The summed E-state index contributed by atoms with van der Waals surface area (Å²) in [5.74, 6) is -0.646. The normalized spacial score (nSPS) is 14.2. The number of amides is 2. The van der Waals surface area contributed by atoms with Gasteiger partial charge in [0, 0.05) is 26.2 Å². The van der Waals surface area contributed by atoms with Crippen molar-refractivity contribution < 1.29 is 19.1 Å². The number of ether oxygens (including phenoxy) is 1. The summed E-state index contributed by atoms with van der Waals surface area (Å²) >= 11 is 1.41. The minimum absolute atomic E-state index is 0.00129. The van der Waals surface area contributed by atoms with Crippen molar-refractivity contribution in [2.45, 2.75) is 6.42 Å². The highest BCUT2D eigenvalue weighted by atomic mass is 32.1. The van der Waals surface area contributed by atoms with Crippen molar-refractivity contribution in [2.24, 2.45) is 0 Å². The monoisotopic (exact) mass is 372 g/mol. The van der Waals surface area contributed by atoms with Crippen LogP contribution in [0.3, 0.4) is 0 Å². The standard InChI is InChI=1S/C19H20N2O4S/c22-17(14-25-18(23)13-15-5-2-1-3-6-15)20-8-10-21(11-9-20)19(24)16-7-4-12-26-16/h1-7,12H,8-11,13-14H2. The van der Waals surface area contributed by atoms with Gasteiger partial charge in [-0.2, -0.15) is 0 Å². The molecule has 2 amide bonds. The van der Waals surface area contributed by atoms with E-state index in [1.807, 2.05) is 41.8 Å². The zero-order chi connectivity index (χ0) is 18.4. The molecule has 6 nitrogen and oxygen atoms in total. The molecule has 1 saturated heterocycles. The molecule has 26 heavy (non-hydrogen) atoms. The van der Waals surface area contributed by atoms with Gasteiger partial charge < -0.3 is 14.5 Å². The van der Waals surface area contributed by atoms with Crippen LogP contribution < -0.4 is 0 Å². The van der Waals surface area contributed by atoms with Crippen LogP contribution in [0, 0.1) is 0 Å². The molecule has 1 aliphatic heterocycles. The Morgan fingerprint density at radius 2 is 1.62 bits per heavy atom. The van der Waals surface area contributed by atoms with Gasteiger partial charge in [0.2, 0.25) is 0 Å². The van der Waals surface area contributed by atoms with Gasteiger partial charge in [0.1, 0.15) is 0 Å². The lowest BCUT2D eigenvalue weighted by molar-refractivity contribution is -0.152. The summed E-state index contributed by atoms with van der Waals surface area (Å²) in [4.78, 5) is 40.4. The summed E-state index contributed by atoms with van der Waals surface area (Å²) in [6.07, 6.45) is 0.150. The Labute approximate surface area is 156 Å². The Kier molecular flexibility index (Phi) is 6.01. The third-order valence-electron chi connectivity index (χ3n) is 4.20. The molecule has 1 aromatic carbocycles. The fourth-order valence-electron chi connectivity index (χ4n) is 2.76. The molecule has 0 N–H and O–H groups in total. The van der Waals surface area contributed by atoms with Gasteiger partial charge >= 0.3 is 5.97 Å². The van der Waals surface area contributed by atoms with Gasteiger partial charge in [-0.25, -0.2) is 0 Å². The number of benzene rings is 1. The molecule has 1 aromatic heterocycles. The first-order valence-electron chi connectivity index (χ1n) is 8.43. The molecule has 0 atom stereocenters. The van der Waals surface area contributed by atoms with Crippen LogP contribution in [-0.2, 0) is 20.7 Å². The van der Waals surface area contributed by atoms with Gasteiger partial charge in [0.05, 0.1) is 11.3 Å². The van der Waals surface area contributed by atoms with Crippen molar-refractivity contribution in [3.05, 3.63) is 58.3 Å². The molecule has 136 valence electrons. The average molecular weight is 372 g/mol. The van der Waals surface area contributed by atoms with Crippen molar-refractivity contribution in [3.63, 3.8) is 0 Å². The first-order chi connectivity index (χ1) is 12.6. The number of rotatable bonds is 5. The van der Waals surface area contributed by atoms with Crippen LogP contribution in [0.5, 0.6) is 0 Å². The van der Waals surface area contributed by atoms with E-state index < -0.39 is 5.97 Å². The van der Waals surface area contributed by atoms with Crippen LogP contribution in [-0.4, -0.2) is 60.4 Å². The number of hydrogen-bond acceptors (Lipinski definition) is 5. The minimum atomic E-state index is -0.420. The van der Waals surface area contributed by atoms with Gasteiger partial charge in [-0.15, -0.1) is 11.3 Å². The molecular weight excluding hydrogens is 352 g/mol. The van der Waals surface area contributed by atoms with Crippen LogP contribution in [0.1, 0.15) is 15.2 Å². The number of carbonyl (C=O) groups excluding carboxylic acids is 3. The summed E-state index contributed by atoms with van der Waals surface area (Å²) in [5, 5.41) is 1.87. The van der Waals surface area contributed by atoms with Gasteiger partial charge in [-0.3, -0.25) is 14.4 Å². The van der Waals surface area contributed by atoms with Crippen molar-refractivity contribution in [1.82, 2.24) is 9.80 Å². The Morgan fingerprint density at radius 3 is 2.27 bits per heavy atom. The van der Waals surface area contributed by atoms with Crippen molar-refractivity contribution in [3.8, 4) is 0 Å². The van der Waals surface area contributed by atoms with E-state index in [1.54, 1.807) is 15.9 Å². The second-order valence-electron chi connectivity index (χ2n) is 5.97. The quantitative estimate of drug-likeness (QED) is 0.751. The molecule has 2 aromatic rings. The zero-order valence-corrected chi connectivity index (χ0v) is 15.1. The Hall–Kier alpha value is -2.67. The van der Waals surface area contributed by atoms with E-state index in [0.717, 1.165) is 5.56 Å². The van der Waals surface area contributed by atoms with E-state index in [4.69, 9.17) is 4.74 Å². The number of hydrogen-bond donors (Lipinski definition) is 0. The third kappa shape index (κ3) is 4.70. The molecule has 0 radical (unpaired) electrons. The lowest BCUT2D eigenvalue weighted by atomic mass is 10.2. The maximum absolute atomic E-state index is 12.3. The number of carbonyl (C=O) groups is 3. The zero-order valence-electron chi connectivity index (χ0n) is 14.3. The molecule has 0 spiro atoms. The Morgan fingerprint density at radius 1 is 0.923 bits per heavy atom. The van der Waals surface area contributed by atoms with Crippen LogP contribution in [0.15, 0.2) is 47.8 Å². The van der Waals surface area contributed by atoms with E-state index in [2.05, 4.69) is 0 Å². The highest BCUT2D eigenvalue weighted by Crippen LogP contribution is 2.14. The van der Waals surface area contributed by atoms with Crippen LogP contribution in [0.25, 0.3) is 0 Å². The summed E-state index contributed by atoms with van der Waals surface area (Å²) in [5.41, 5.74) is 0.852. The predicted molar refractivity (Wildman–Crippen MR) is 97.9 cm³/mol. The number of nitrogens with zero attached hydrogens (tertiary/aromatic N) is 2. The maximum Gasteiger partial charge on any atom is 0.310 e. The largest absolute Gasteiger partial charge is 0.455 e. The fraction of sp³-hybridized carbons (Fsp3) is 0.316. The smallest absolute Gasteiger partial charge is 0.310 e. The number of esters is 1. The predicted octanol–water partition coefficient (Wildman–Crippen LogP) is 1.82. The molecule has 2 heterocycles. The van der Waals surface area contributed by atoms with Gasteiger partial charge in [0.15, 0.2) is 6.61 Å². The lowest BCUT2D eigenvalue weighted by Gasteiger charge is -2.34. The average Bonchev–Trinajstić information content (AvgIpc) is 3.21. The van der Waals surface area contributed by atoms with Crippen molar-refractivity contribution >= 4 is 29.1 Å². The minimum Gasteiger partial charge on any atom is -0.455 e. The van der Waals surface area contributed by atoms with E-state index in [1.165, 1.54) is 11.3 Å². The van der Waals surface area contributed by atoms with Gasteiger partial charge in [-0.05, 0) is 17.0 Å². The van der Waals surface area contributed by atoms with Gasteiger partial charge in [-0.1, -0.05) is 36.4 Å². The highest BCUT2D eigenvalue weighted by Gasteiger charge is 2.25. The topological polar surface area (TPSA) is 66.9 Å². The molecule has 0 unspecified atom stereocenters. The molecule has 0 saturated carbocycles. The van der Waals surface area contributed by atoms with Crippen LogP contribution in [0.2, 0.25) is 0 Å². The summed E-state index contributed by atoms with van der Waals surface area (Å²) < 4.78 is 5.09. The molecule has 3 rings (SSSR count). The van der Waals surface area contributed by atoms with Crippen LogP contribution >= 0.6 is 11.3 Å². The maximum atomic E-state index is 12.3. The van der Waals surface area contributed by atoms with Crippen LogP contribution in [0.4, 0.5) is 0 Å². The molecular formula is C19H20N2O4S. The number of thiophene rings is 1. The molecule has 1 fully saturated rings. The number of piperazine rings is 1. The first kappa shape index (κ1) is 18.1. The highest BCUT2D eigenvalue weighted by molar-refractivity contribution is 7.12. The summed E-state index contributed by atoms with van der Waals surface area (Å²) in [6, 6.07) is 12.9. The molecule has 7 heteroatoms. The second-order valence-corrected chi connectivity index (χ2v) is 6.92. The van der Waals surface area contributed by atoms with Gasteiger partial charge in [0.25, 0.3) is 11.8 Å². The second kappa shape index (κ2) is 8.62. The fourth-order valence-corrected chi connectivity index (χ4v) is 3.45. The summed E-state index contributed by atoms with van der Waals surface area (Å²) in [6.45, 7) is 1.61. The van der Waals surface area contributed by atoms with E-state index >= 15 is 0 Å². The molecule has 0 bridgehead atoms. The van der Waals surface area contributed by atoms with E-state index in [9.17, 15) is 14.4 Å². The van der Waals surface area contributed by atoms with E-state index in [0.29, 0.717) is 31.1 Å². The summed E-state index contributed by atoms with van der Waals surface area (Å²) in [7, 11) is 0.